The summed E-state index contributed by atoms with van der Waals surface area (Å²) in [6, 6.07) is 7.53. The molecule has 6 heteroatoms. The van der Waals surface area contributed by atoms with Crippen LogP contribution in [0.3, 0.4) is 0 Å². The average Bonchev–Trinajstić information content (AvgIpc) is 2.78. The summed E-state index contributed by atoms with van der Waals surface area (Å²) >= 11 is 0. The van der Waals surface area contributed by atoms with E-state index in [1.165, 1.54) is 0 Å². The van der Waals surface area contributed by atoms with E-state index >= 15 is 0 Å². The molecule has 6 nitrogen and oxygen atoms in total. The molecule has 0 fully saturated rings. The number of nitrogens with one attached hydrogen (secondary N) is 1. The number of aromatic nitrogens is 2. The Morgan fingerprint density at radius 3 is 2.72 bits per heavy atom. The van der Waals surface area contributed by atoms with Gasteiger partial charge in [-0.3, -0.25) is 4.79 Å². The van der Waals surface area contributed by atoms with Crippen molar-refractivity contribution >= 4 is 11.6 Å². The second-order valence-electron chi connectivity index (χ2n) is 3.88. The highest BCUT2D eigenvalue weighted by Gasteiger charge is 2.11. The van der Waals surface area contributed by atoms with E-state index in [0.29, 0.717) is 12.4 Å². The molecule has 1 aromatic heterocycles. The van der Waals surface area contributed by atoms with Crippen molar-refractivity contribution in [3.8, 4) is 0 Å². The van der Waals surface area contributed by atoms with E-state index in [-0.39, 0.29) is 11.7 Å². The Kier molecular flexibility index (Phi) is 3.57. The van der Waals surface area contributed by atoms with Crippen LogP contribution in [-0.2, 0) is 6.42 Å². The average molecular weight is 246 g/mol. The van der Waals surface area contributed by atoms with Gasteiger partial charge in [-0.05, 0) is 24.1 Å². The van der Waals surface area contributed by atoms with E-state index in [1.807, 2.05) is 24.3 Å². The number of nitrogens with zero attached hydrogens (tertiary/aromatic N) is 2. The van der Waals surface area contributed by atoms with Crippen LogP contribution in [0.4, 0.5) is 5.69 Å². The highest BCUT2D eigenvalue weighted by Crippen LogP contribution is 2.05. The SMILES string of the molecule is Cc1nc(C(=O)NCCc2ccc(N)cc2)no1. The van der Waals surface area contributed by atoms with E-state index in [1.54, 1.807) is 6.92 Å². The summed E-state index contributed by atoms with van der Waals surface area (Å²) in [5.74, 6) is 0.103. The molecule has 0 aliphatic carbocycles. The first kappa shape index (κ1) is 12.1. The largest absolute Gasteiger partial charge is 0.399 e. The standard InChI is InChI=1S/C12H14N4O2/c1-8-15-11(16-18-8)12(17)14-7-6-9-2-4-10(13)5-3-9/h2-5H,6-7,13H2,1H3,(H,14,17). The van der Waals surface area contributed by atoms with Gasteiger partial charge in [0.05, 0.1) is 0 Å². The maximum absolute atomic E-state index is 11.6. The normalized spacial score (nSPS) is 10.3. The summed E-state index contributed by atoms with van der Waals surface area (Å²) in [5.41, 5.74) is 7.42. The Balaban J connectivity index is 1.82. The number of rotatable bonds is 4. The molecule has 0 bridgehead atoms. The minimum atomic E-state index is -0.331. The van der Waals surface area contributed by atoms with Gasteiger partial charge in [0.2, 0.25) is 5.89 Å². The van der Waals surface area contributed by atoms with Gasteiger partial charge < -0.3 is 15.6 Å². The van der Waals surface area contributed by atoms with E-state index in [4.69, 9.17) is 10.3 Å². The highest BCUT2D eigenvalue weighted by atomic mass is 16.5. The predicted molar refractivity (Wildman–Crippen MR) is 65.9 cm³/mol. The van der Waals surface area contributed by atoms with Crippen molar-refractivity contribution in [3.63, 3.8) is 0 Å². The third kappa shape index (κ3) is 3.07. The lowest BCUT2D eigenvalue weighted by atomic mass is 10.1. The minimum absolute atomic E-state index is 0.0600. The quantitative estimate of drug-likeness (QED) is 0.783. The number of carbonyl (C=O) groups is 1. The molecule has 0 saturated heterocycles. The summed E-state index contributed by atoms with van der Waals surface area (Å²) in [5, 5.41) is 6.26. The van der Waals surface area contributed by atoms with Gasteiger partial charge in [0.1, 0.15) is 0 Å². The van der Waals surface area contributed by atoms with Gasteiger partial charge in [-0.2, -0.15) is 4.98 Å². The number of aryl methyl sites for hydroxylation is 1. The number of amides is 1. The predicted octanol–water partition coefficient (Wildman–Crippen LogP) is 0.933. The molecular formula is C12H14N4O2. The van der Waals surface area contributed by atoms with E-state index in [9.17, 15) is 4.79 Å². The van der Waals surface area contributed by atoms with Gasteiger partial charge in [-0.1, -0.05) is 17.3 Å². The van der Waals surface area contributed by atoms with Crippen molar-refractivity contribution in [1.82, 2.24) is 15.5 Å². The molecular weight excluding hydrogens is 232 g/mol. The Bertz CT molecular complexity index is 533. The first-order chi connectivity index (χ1) is 8.65. The second-order valence-corrected chi connectivity index (χ2v) is 3.88. The number of nitrogen functional groups attached to an aromatic ring is 1. The number of benzene rings is 1. The topological polar surface area (TPSA) is 94.0 Å². The molecule has 18 heavy (non-hydrogen) atoms. The van der Waals surface area contributed by atoms with Crippen LogP contribution in [0.2, 0.25) is 0 Å². The van der Waals surface area contributed by atoms with Crippen LogP contribution < -0.4 is 11.1 Å². The fourth-order valence-corrected chi connectivity index (χ4v) is 1.48. The van der Waals surface area contributed by atoms with Gasteiger partial charge in [0.15, 0.2) is 0 Å². The molecule has 1 amide bonds. The monoisotopic (exact) mass is 246 g/mol. The third-order valence-electron chi connectivity index (χ3n) is 2.41. The molecule has 2 aromatic rings. The smallest absolute Gasteiger partial charge is 0.292 e. The van der Waals surface area contributed by atoms with Gasteiger partial charge in [-0.15, -0.1) is 0 Å². The molecule has 1 heterocycles. The van der Waals surface area contributed by atoms with Crippen LogP contribution in [-0.4, -0.2) is 22.6 Å². The molecule has 3 N–H and O–H groups in total. The molecule has 94 valence electrons. The van der Waals surface area contributed by atoms with E-state index in [2.05, 4.69) is 15.5 Å². The van der Waals surface area contributed by atoms with Crippen molar-refractivity contribution in [1.29, 1.82) is 0 Å². The van der Waals surface area contributed by atoms with Gasteiger partial charge in [-0.25, -0.2) is 0 Å². The fraction of sp³-hybridized carbons (Fsp3) is 0.250. The number of hydrogen-bond acceptors (Lipinski definition) is 5. The third-order valence-corrected chi connectivity index (χ3v) is 2.41. The van der Waals surface area contributed by atoms with Crippen LogP contribution >= 0.6 is 0 Å². The number of nitrogens with two attached hydrogens (primary N) is 1. The zero-order chi connectivity index (χ0) is 13.0. The fourth-order valence-electron chi connectivity index (χ4n) is 1.48. The van der Waals surface area contributed by atoms with Crippen molar-refractivity contribution < 1.29 is 9.32 Å². The van der Waals surface area contributed by atoms with Crippen LogP contribution in [0.1, 0.15) is 22.1 Å². The van der Waals surface area contributed by atoms with Crippen LogP contribution in [0.5, 0.6) is 0 Å². The molecule has 0 atom stereocenters. The molecule has 0 spiro atoms. The van der Waals surface area contributed by atoms with Crippen molar-refractivity contribution in [2.75, 3.05) is 12.3 Å². The summed E-state index contributed by atoms with van der Waals surface area (Å²) in [7, 11) is 0. The Hall–Kier alpha value is -2.37. The van der Waals surface area contributed by atoms with Crippen molar-refractivity contribution in [2.45, 2.75) is 13.3 Å². The lowest BCUT2D eigenvalue weighted by molar-refractivity contribution is 0.0941. The highest BCUT2D eigenvalue weighted by molar-refractivity contribution is 5.90. The maximum atomic E-state index is 11.6. The molecule has 0 aliphatic heterocycles. The van der Waals surface area contributed by atoms with E-state index < -0.39 is 0 Å². The molecule has 1 aromatic carbocycles. The Labute approximate surface area is 104 Å². The van der Waals surface area contributed by atoms with Gasteiger partial charge in [0, 0.05) is 19.2 Å². The lowest BCUT2D eigenvalue weighted by Crippen LogP contribution is -2.26. The van der Waals surface area contributed by atoms with E-state index in [0.717, 1.165) is 17.7 Å². The molecule has 0 radical (unpaired) electrons. The lowest BCUT2D eigenvalue weighted by Gasteiger charge is -2.03. The molecule has 2 rings (SSSR count). The molecule has 0 unspecified atom stereocenters. The molecule has 0 aliphatic rings. The van der Waals surface area contributed by atoms with Gasteiger partial charge in [0.25, 0.3) is 11.7 Å². The summed E-state index contributed by atoms with van der Waals surface area (Å²) in [6.45, 7) is 2.15. The first-order valence-corrected chi connectivity index (χ1v) is 5.58. The zero-order valence-electron chi connectivity index (χ0n) is 10.0. The van der Waals surface area contributed by atoms with Crippen LogP contribution in [0.25, 0.3) is 0 Å². The minimum Gasteiger partial charge on any atom is -0.399 e. The summed E-state index contributed by atoms with van der Waals surface area (Å²) in [4.78, 5) is 15.4. The Morgan fingerprint density at radius 2 is 2.11 bits per heavy atom. The summed E-state index contributed by atoms with van der Waals surface area (Å²) < 4.78 is 4.73. The number of carbonyl (C=O) groups excluding carboxylic acids is 1. The van der Waals surface area contributed by atoms with Crippen LogP contribution in [0.15, 0.2) is 28.8 Å². The van der Waals surface area contributed by atoms with Crippen molar-refractivity contribution in [3.05, 3.63) is 41.5 Å². The Morgan fingerprint density at radius 1 is 1.39 bits per heavy atom. The van der Waals surface area contributed by atoms with Crippen molar-refractivity contribution in [2.24, 2.45) is 0 Å². The summed E-state index contributed by atoms with van der Waals surface area (Å²) in [6.07, 6.45) is 0.725. The van der Waals surface area contributed by atoms with Crippen LogP contribution in [0, 0.1) is 6.92 Å². The zero-order valence-corrected chi connectivity index (χ0v) is 10.0. The second kappa shape index (κ2) is 5.31. The first-order valence-electron chi connectivity index (χ1n) is 5.58. The number of hydrogen-bond donors (Lipinski definition) is 2. The maximum Gasteiger partial charge on any atom is 0.292 e. The number of anilines is 1. The molecule has 0 saturated carbocycles. The van der Waals surface area contributed by atoms with Gasteiger partial charge >= 0.3 is 0 Å².